The number of amides is 1. The predicted octanol–water partition coefficient (Wildman–Crippen LogP) is 4.04. The number of ether oxygens (including phenoxy) is 2. The first-order valence-corrected chi connectivity index (χ1v) is 10.8. The number of aromatic nitrogens is 2. The van der Waals surface area contributed by atoms with Crippen molar-refractivity contribution >= 4 is 22.5 Å². The summed E-state index contributed by atoms with van der Waals surface area (Å²) in [5, 5.41) is 3.35. The van der Waals surface area contributed by atoms with Crippen molar-refractivity contribution in [2.24, 2.45) is 0 Å². The molecule has 1 N–H and O–H groups in total. The van der Waals surface area contributed by atoms with Crippen LogP contribution in [0.4, 0.5) is 5.69 Å². The van der Waals surface area contributed by atoms with Gasteiger partial charge in [-0.1, -0.05) is 24.3 Å². The SMILES string of the molecule is COc1cccc(-n2c(C)nc3ccc(O[C@@H]4CCc5ccccc5NC4=O)cc3c2=O)c1. The quantitative estimate of drug-likeness (QED) is 0.517. The molecule has 166 valence electrons. The summed E-state index contributed by atoms with van der Waals surface area (Å²) in [7, 11) is 1.58. The summed E-state index contributed by atoms with van der Waals surface area (Å²) in [4.78, 5) is 30.7. The third-order valence-corrected chi connectivity index (χ3v) is 5.84. The van der Waals surface area contributed by atoms with Crippen LogP contribution in [0.2, 0.25) is 0 Å². The van der Waals surface area contributed by atoms with E-state index in [4.69, 9.17) is 9.47 Å². The average Bonchev–Trinajstić information content (AvgIpc) is 2.98. The van der Waals surface area contributed by atoms with Crippen LogP contribution in [0, 0.1) is 6.92 Å². The van der Waals surface area contributed by atoms with Gasteiger partial charge < -0.3 is 14.8 Å². The number of nitrogens with one attached hydrogen (secondary N) is 1. The van der Waals surface area contributed by atoms with E-state index in [0.717, 1.165) is 17.7 Å². The molecule has 1 amide bonds. The van der Waals surface area contributed by atoms with Gasteiger partial charge in [0.15, 0.2) is 6.10 Å². The van der Waals surface area contributed by atoms with Gasteiger partial charge in [-0.15, -0.1) is 0 Å². The number of hydrogen-bond acceptors (Lipinski definition) is 5. The number of aryl methyl sites for hydroxylation is 2. The molecule has 7 heteroatoms. The lowest BCUT2D eigenvalue weighted by molar-refractivity contribution is -0.122. The van der Waals surface area contributed by atoms with Crippen molar-refractivity contribution < 1.29 is 14.3 Å². The van der Waals surface area contributed by atoms with Gasteiger partial charge in [0.2, 0.25) is 0 Å². The fourth-order valence-electron chi connectivity index (χ4n) is 4.17. The van der Waals surface area contributed by atoms with Crippen molar-refractivity contribution in [3.8, 4) is 17.2 Å². The highest BCUT2D eigenvalue weighted by atomic mass is 16.5. The second kappa shape index (κ2) is 8.43. The Balaban J connectivity index is 1.49. The first-order chi connectivity index (χ1) is 16.0. The minimum Gasteiger partial charge on any atom is -0.497 e. The Labute approximate surface area is 190 Å². The highest BCUT2D eigenvalue weighted by Crippen LogP contribution is 2.26. The van der Waals surface area contributed by atoms with E-state index in [1.165, 1.54) is 0 Å². The molecule has 0 saturated carbocycles. The second-order valence-electron chi connectivity index (χ2n) is 7.97. The third-order valence-electron chi connectivity index (χ3n) is 5.84. The standard InChI is InChI=1S/C26H23N3O4/c1-16-27-23-12-11-20(33-24-13-10-17-6-3-4-9-22(17)28-25(24)30)15-21(23)26(31)29(16)18-7-5-8-19(14-18)32-2/h3-9,11-12,14-15,24H,10,13H2,1-2H3,(H,28,30)/t24-/m1/s1. The van der Waals surface area contributed by atoms with Crippen LogP contribution in [-0.2, 0) is 11.2 Å². The van der Waals surface area contributed by atoms with E-state index in [-0.39, 0.29) is 11.5 Å². The molecule has 0 aliphatic carbocycles. The Morgan fingerprint density at radius 3 is 2.70 bits per heavy atom. The van der Waals surface area contributed by atoms with Crippen LogP contribution in [0.25, 0.3) is 16.6 Å². The molecule has 0 radical (unpaired) electrons. The molecule has 2 heterocycles. The van der Waals surface area contributed by atoms with Crippen molar-refractivity contribution in [1.82, 2.24) is 9.55 Å². The molecule has 7 nitrogen and oxygen atoms in total. The molecule has 4 aromatic rings. The summed E-state index contributed by atoms with van der Waals surface area (Å²) in [6.45, 7) is 1.79. The van der Waals surface area contributed by atoms with Crippen molar-refractivity contribution in [2.75, 3.05) is 12.4 Å². The number of hydrogen-bond donors (Lipinski definition) is 1. The van der Waals surface area contributed by atoms with Gasteiger partial charge in [-0.2, -0.15) is 0 Å². The van der Waals surface area contributed by atoms with Crippen molar-refractivity contribution in [3.63, 3.8) is 0 Å². The zero-order chi connectivity index (χ0) is 22.9. The van der Waals surface area contributed by atoms with Gasteiger partial charge in [0, 0.05) is 11.8 Å². The van der Waals surface area contributed by atoms with Gasteiger partial charge in [-0.25, -0.2) is 4.98 Å². The van der Waals surface area contributed by atoms with Crippen LogP contribution >= 0.6 is 0 Å². The molecule has 1 aromatic heterocycles. The number of methoxy groups -OCH3 is 1. The lowest BCUT2D eigenvalue weighted by atomic mass is 10.1. The Morgan fingerprint density at radius 2 is 1.85 bits per heavy atom. The van der Waals surface area contributed by atoms with Crippen molar-refractivity contribution in [1.29, 1.82) is 0 Å². The van der Waals surface area contributed by atoms with Gasteiger partial charge >= 0.3 is 0 Å². The molecule has 3 aromatic carbocycles. The molecule has 1 aliphatic heterocycles. The summed E-state index contributed by atoms with van der Waals surface area (Å²) in [5.74, 6) is 1.47. The normalized spacial score (nSPS) is 15.5. The maximum absolute atomic E-state index is 13.4. The van der Waals surface area contributed by atoms with Gasteiger partial charge in [0.25, 0.3) is 11.5 Å². The van der Waals surface area contributed by atoms with Crippen molar-refractivity contribution in [2.45, 2.75) is 25.9 Å². The summed E-state index contributed by atoms with van der Waals surface area (Å²) < 4.78 is 12.9. The fraction of sp³-hybridized carbons (Fsp3) is 0.192. The molecule has 0 saturated heterocycles. The number of benzene rings is 3. The Hall–Kier alpha value is -4.13. The Kier molecular flexibility index (Phi) is 5.30. The maximum Gasteiger partial charge on any atom is 0.266 e. The van der Waals surface area contributed by atoms with Crippen LogP contribution in [0.1, 0.15) is 17.8 Å². The van der Waals surface area contributed by atoms with Crippen LogP contribution in [0.5, 0.6) is 11.5 Å². The smallest absolute Gasteiger partial charge is 0.266 e. The Morgan fingerprint density at radius 1 is 1.00 bits per heavy atom. The molecular weight excluding hydrogens is 418 g/mol. The molecule has 33 heavy (non-hydrogen) atoms. The lowest BCUT2D eigenvalue weighted by Crippen LogP contribution is -2.31. The first kappa shape index (κ1) is 20.8. The van der Waals surface area contributed by atoms with E-state index in [1.807, 2.05) is 42.5 Å². The number of carbonyl (C=O) groups is 1. The van der Waals surface area contributed by atoms with E-state index < -0.39 is 6.10 Å². The molecule has 1 aliphatic rings. The zero-order valence-corrected chi connectivity index (χ0v) is 18.4. The molecule has 5 rings (SSSR count). The number of rotatable bonds is 4. The van der Waals surface area contributed by atoms with E-state index in [1.54, 1.807) is 42.9 Å². The second-order valence-corrected chi connectivity index (χ2v) is 7.97. The van der Waals surface area contributed by atoms with Crippen LogP contribution in [-0.4, -0.2) is 28.7 Å². The first-order valence-electron chi connectivity index (χ1n) is 10.8. The van der Waals surface area contributed by atoms with E-state index in [9.17, 15) is 9.59 Å². The van der Waals surface area contributed by atoms with E-state index in [2.05, 4.69) is 10.3 Å². The van der Waals surface area contributed by atoms with Crippen LogP contribution in [0.15, 0.2) is 71.5 Å². The predicted molar refractivity (Wildman–Crippen MR) is 126 cm³/mol. The Bertz CT molecular complexity index is 1430. The van der Waals surface area contributed by atoms with Crippen LogP contribution in [0.3, 0.4) is 0 Å². The summed E-state index contributed by atoms with van der Waals surface area (Å²) in [5.41, 5.74) is 2.92. The molecular formula is C26H23N3O4. The van der Waals surface area contributed by atoms with Crippen LogP contribution < -0.4 is 20.3 Å². The third kappa shape index (κ3) is 3.93. The van der Waals surface area contributed by atoms with E-state index in [0.29, 0.717) is 40.3 Å². The van der Waals surface area contributed by atoms with Gasteiger partial charge in [0.05, 0.1) is 23.7 Å². The van der Waals surface area contributed by atoms with Gasteiger partial charge in [-0.05, 0) is 61.7 Å². The monoisotopic (exact) mass is 441 g/mol. The summed E-state index contributed by atoms with van der Waals surface area (Å²) in [6.07, 6.45) is 0.603. The minimum atomic E-state index is -0.658. The number of para-hydroxylation sites is 1. The number of fused-ring (bicyclic) bond motifs is 2. The summed E-state index contributed by atoms with van der Waals surface area (Å²) >= 11 is 0. The molecule has 0 bridgehead atoms. The van der Waals surface area contributed by atoms with E-state index >= 15 is 0 Å². The topological polar surface area (TPSA) is 82.4 Å². The number of carbonyl (C=O) groups excluding carboxylic acids is 1. The largest absolute Gasteiger partial charge is 0.497 e. The molecule has 1 atom stereocenters. The zero-order valence-electron chi connectivity index (χ0n) is 18.4. The summed E-state index contributed by atoms with van der Waals surface area (Å²) in [6, 6.07) is 20.2. The highest BCUT2D eigenvalue weighted by Gasteiger charge is 2.25. The number of nitrogens with zero attached hydrogens (tertiary/aromatic N) is 2. The van der Waals surface area contributed by atoms with Gasteiger partial charge in [-0.3, -0.25) is 14.2 Å². The maximum atomic E-state index is 13.4. The fourth-order valence-corrected chi connectivity index (χ4v) is 4.17. The molecule has 0 fully saturated rings. The average molecular weight is 441 g/mol. The van der Waals surface area contributed by atoms with Crippen molar-refractivity contribution in [3.05, 3.63) is 88.5 Å². The lowest BCUT2D eigenvalue weighted by Gasteiger charge is -2.17. The highest BCUT2D eigenvalue weighted by molar-refractivity contribution is 5.96. The minimum absolute atomic E-state index is 0.198. The molecule has 0 unspecified atom stereocenters. The van der Waals surface area contributed by atoms with Gasteiger partial charge in [0.1, 0.15) is 17.3 Å². The molecule has 0 spiro atoms. The number of anilines is 1.